The number of benzene rings is 1. The lowest BCUT2D eigenvalue weighted by atomic mass is 9.78. The van der Waals surface area contributed by atoms with Crippen LogP contribution in [-0.4, -0.2) is 23.3 Å². The van der Waals surface area contributed by atoms with E-state index in [0.29, 0.717) is 30.2 Å². The zero-order valence-electron chi connectivity index (χ0n) is 14.1. The summed E-state index contributed by atoms with van der Waals surface area (Å²) in [5.41, 5.74) is 0.931. The summed E-state index contributed by atoms with van der Waals surface area (Å²) in [5.74, 6) is 3.54. The summed E-state index contributed by atoms with van der Waals surface area (Å²) in [6.07, 6.45) is 3.86. The number of ether oxygens (including phenoxy) is 1. The minimum Gasteiger partial charge on any atom is -0.497 e. The molecule has 1 N–H and O–H groups in total. The molecule has 0 aliphatic heterocycles. The van der Waals surface area contributed by atoms with E-state index in [-0.39, 0.29) is 0 Å². The quantitative estimate of drug-likeness (QED) is 0.912. The van der Waals surface area contributed by atoms with Crippen LogP contribution < -0.4 is 10.1 Å². The molecule has 1 heterocycles. The van der Waals surface area contributed by atoms with Crippen LogP contribution in [0.1, 0.15) is 39.0 Å². The monoisotopic (exact) mass is 315 g/mol. The molecule has 3 rings (SSSR count). The lowest BCUT2D eigenvalue weighted by molar-refractivity contribution is 0.200. The van der Waals surface area contributed by atoms with Gasteiger partial charge in [0.15, 0.2) is 0 Å². The molecule has 1 fully saturated rings. The molecule has 1 aromatic carbocycles. The van der Waals surface area contributed by atoms with Crippen molar-refractivity contribution in [2.24, 2.45) is 11.8 Å². The van der Waals surface area contributed by atoms with Crippen molar-refractivity contribution in [3.63, 3.8) is 0 Å². The van der Waals surface area contributed by atoms with E-state index in [9.17, 15) is 0 Å². The molecular formula is C18H25N3O2. The van der Waals surface area contributed by atoms with Crippen LogP contribution >= 0.6 is 0 Å². The third kappa shape index (κ3) is 3.72. The van der Waals surface area contributed by atoms with Gasteiger partial charge in [-0.25, -0.2) is 0 Å². The normalized spacial score (nSPS) is 24.6. The van der Waals surface area contributed by atoms with Crippen molar-refractivity contribution in [2.45, 2.75) is 45.7 Å². The third-order valence-electron chi connectivity index (χ3n) is 5.04. The number of rotatable bonds is 5. The van der Waals surface area contributed by atoms with Crippen molar-refractivity contribution in [1.29, 1.82) is 0 Å². The average molecular weight is 315 g/mol. The molecule has 2 aromatic rings. The van der Waals surface area contributed by atoms with Crippen LogP contribution in [0.15, 0.2) is 28.8 Å². The van der Waals surface area contributed by atoms with Gasteiger partial charge in [0, 0.05) is 11.6 Å². The third-order valence-corrected chi connectivity index (χ3v) is 5.04. The first kappa shape index (κ1) is 16.0. The van der Waals surface area contributed by atoms with Crippen LogP contribution in [0, 0.1) is 11.8 Å². The summed E-state index contributed by atoms with van der Waals surface area (Å²) >= 11 is 0. The van der Waals surface area contributed by atoms with Crippen molar-refractivity contribution < 1.29 is 9.26 Å². The number of hydrogen-bond acceptors (Lipinski definition) is 5. The smallest absolute Gasteiger partial charge is 0.240 e. The standard InChI is InChI=1S/C18H25N3O2/c1-12-5-4-6-16(13(12)2)19-11-17-20-18(21-23-17)14-7-9-15(22-3)10-8-14/h7-10,12-13,16,19H,4-6,11H2,1-3H3. The Bertz CT molecular complexity index is 623. The zero-order chi connectivity index (χ0) is 16.2. The number of nitrogens with one attached hydrogen (secondary N) is 1. The van der Waals surface area contributed by atoms with Crippen molar-refractivity contribution in [3.8, 4) is 17.1 Å². The maximum absolute atomic E-state index is 5.37. The predicted molar refractivity (Wildman–Crippen MR) is 89.1 cm³/mol. The molecule has 124 valence electrons. The molecule has 0 radical (unpaired) electrons. The van der Waals surface area contributed by atoms with E-state index < -0.39 is 0 Å². The fourth-order valence-corrected chi connectivity index (χ4v) is 3.27. The predicted octanol–water partition coefficient (Wildman–Crippen LogP) is 3.66. The summed E-state index contributed by atoms with van der Waals surface area (Å²) in [6.45, 7) is 5.30. The molecule has 0 saturated heterocycles. The van der Waals surface area contributed by atoms with E-state index in [0.717, 1.165) is 17.2 Å². The first-order valence-corrected chi connectivity index (χ1v) is 8.37. The summed E-state index contributed by atoms with van der Waals surface area (Å²) < 4.78 is 10.5. The molecule has 3 atom stereocenters. The van der Waals surface area contributed by atoms with Crippen molar-refractivity contribution >= 4 is 0 Å². The summed E-state index contributed by atoms with van der Waals surface area (Å²) in [7, 11) is 1.65. The van der Waals surface area contributed by atoms with E-state index in [2.05, 4.69) is 29.3 Å². The van der Waals surface area contributed by atoms with Gasteiger partial charge in [0.2, 0.25) is 11.7 Å². The highest BCUT2D eigenvalue weighted by atomic mass is 16.5. The molecule has 3 unspecified atom stereocenters. The zero-order valence-corrected chi connectivity index (χ0v) is 14.1. The van der Waals surface area contributed by atoms with Gasteiger partial charge in [-0.2, -0.15) is 4.98 Å². The Morgan fingerprint density at radius 1 is 1.22 bits per heavy atom. The molecule has 5 heteroatoms. The largest absolute Gasteiger partial charge is 0.497 e. The van der Waals surface area contributed by atoms with E-state index in [1.807, 2.05) is 24.3 Å². The highest BCUT2D eigenvalue weighted by Crippen LogP contribution is 2.29. The Balaban J connectivity index is 1.60. The maximum atomic E-state index is 5.37. The lowest BCUT2D eigenvalue weighted by Crippen LogP contribution is -2.40. The molecule has 0 spiro atoms. The van der Waals surface area contributed by atoms with Crippen molar-refractivity contribution in [3.05, 3.63) is 30.2 Å². The van der Waals surface area contributed by atoms with Gasteiger partial charge >= 0.3 is 0 Å². The number of hydrogen-bond donors (Lipinski definition) is 1. The highest BCUT2D eigenvalue weighted by molar-refractivity contribution is 5.55. The Morgan fingerprint density at radius 3 is 2.74 bits per heavy atom. The highest BCUT2D eigenvalue weighted by Gasteiger charge is 2.26. The SMILES string of the molecule is COc1ccc(-c2noc(CNC3CCCC(C)C3C)n2)cc1. The maximum Gasteiger partial charge on any atom is 0.240 e. The second-order valence-electron chi connectivity index (χ2n) is 6.49. The van der Waals surface area contributed by atoms with Gasteiger partial charge in [-0.1, -0.05) is 31.8 Å². The number of nitrogens with zero attached hydrogens (tertiary/aromatic N) is 2. The van der Waals surface area contributed by atoms with E-state index in [4.69, 9.17) is 9.26 Å². The first-order valence-electron chi connectivity index (χ1n) is 8.37. The molecule has 1 aliphatic rings. The van der Waals surface area contributed by atoms with Gasteiger partial charge in [0.05, 0.1) is 13.7 Å². The van der Waals surface area contributed by atoms with Gasteiger partial charge in [0.25, 0.3) is 0 Å². The fraction of sp³-hybridized carbons (Fsp3) is 0.556. The number of aromatic nitrogens is 2. The van der Waals surface area contributed by atoms with Crippen molar-refractivity contribution in [1.82, 2.24) is 15.5 Å². The molecule has 1 saturated carbocycles. The van der Waals surface area contributed by atoms with Crippen LogP contribution in [0.3, 0.4) is 0 Å². The lowest BCUT2D eigenvalue weighted by Gasteiger charge is -2.34. The summed E-state index contributed by atoms with van der Waals surface area (Å²) in [5, 5.41) is 7.66. The van der Waals surface area contributed by atoms with E-state index in [1.165, 1.54) is 19.3 Å². The molecule has 23 heavy (non-hydrogen) atoms. The van der Waals surface area contributed by atoms with Crippen LogP contribution in [0.4, 0.5) is 0 Å². The molecule has 1 aromatic heterocycles. The van der Waals surface area contributed by atoms with Gasteiger partial charge in [0.1, 0.15) is 5.75 Å². The Labute approximate surface area is 137 Å². The molecule has 5 nitrogen and oxygen atoms in total. The van der Waals surface area contributed by atoms with Gasteiger partial charge in [-0.3, -0.25) is 0 Å². The summed E-state index contributed by atoms with van der Waals surface area (Å²) in [6, 6.07) is 8.20. The first-order chi connectivity index (χ1) is 11.2. The molecule has 0 amide bonds. The topological polar surface area (TPSA) is 60.2 Å². The van der Waals surface area contributed by atoms with Gasteiger partial charge in [-0.15, -0.1) is 0 Å². The van der Waals surface area contributed by atoms with Crippen LogP contribution in [0.25, 0.3) is 11.4 Å². The Morgan fingerprint density at radius 2 is 2.00 bits per heavy atom. The second-order valence-corrected chi connectivity index (χ2v) is 6.49. The fourth-order valence-electron chi connectivity index (χ4n) is 3.27. The minimum absolute atomic E-state index is 0.537. The second kappa shape index (κ2) is 7.13. The van der Waals surface area contributed by atoms with Gasteiger partial charge in [-0.05, 0) is 42.5 Å². The number of methoxy groups -OCH3 is 1. The van der Waals surface area contributed by atoms with Gasteiger partial charge < -0.3 is 14.6 Å². The van der Waals surface area contributed by atoms with Crippen LogP contribution in [0.5, 0.6) is 5.75 Å². The molecule has 0 bridgehead atoms. The summed E-state index contributed by atoms with van der Waals surface area (Å²) in [4.78, 5) is 4.48. The van der Waals surface area contributed by atoms with E-state index >= 15 is 0 Å². The molecular weight excluding hydrogens is 290 g/mol. The van der Waals surface area contributed by atoms with Crippen LogP contribution in [-0.2, 0) is 6.54 Å². The minimum atomic E-state index is 0.537. The van der Waals surface area contributed by atoms with Crippen LogP contribution in [0.2, 0.25) is 0 Å². The Hall–Kier alpha value is -1.88. The molecule has 1 aliphatic carbocycles. The van der Waals surface area contributed by atoms with E-state index in [1.54, 1.807) is 7.11 Å². The van der Waals surface area contributed by atoms with Crippen molar-refractivity contribution in [2.75, 3.05) is 7.11 Å². The average Bonchev–Trinajstić information content (AvgIpc) is 3.05. The Kier molecular flexibility index (Phi) is 4.96.